The maximum Gasteiger partial charge on any atom is 0.150 e. The lowest BCUT2D eigenvalue weighted by atomic mass is 9.89. The summed E-state index contributed by atoms with van der Waals surface area (Å²) in [6.07, 6.45) is 1.39. The van der Waals surface area contributed by atoms with E-state index in [-0.39, 0.29) is 17.5 Å². The van der Waals surface area contributed by atoms with Gasteiger partial charge in [-0.2, -0.15) is 0 Å². The average molecular weight is 239 g/mol. The lowest BCUT2D eigenvalue weighted by Crippen LogP contribution is -2.30. The molecule has 1 aromatic carbocycles. The number of rotatable bonds is 2. The maximum atomic E-state index is 11.3. The molecular formula is C12H17NO2S. The highest BCUT2D eigenvalue weighted by Crippen LogP contribution is 2.29. The number of benzene rings is 1. The van der Waals surface area contributed by atoms with Gasteiger partial charge in [0.25, 0.3) is 0 Å². The van der Waals surface area contributed by atoms with Crippen LogP contribution in [0.4, 0.5) is 0 Å². The zero-order chi connectivity index (χ0) is 11.6. The summed E-state index contributed by atoms with van der Waals surface area (Å²) in [5, 5.41) is 0. The standard InChI is InChI=1S/C12H17NO2S/c13-12(10-4-2-1-3-5-10)11-6-8-16(14,15)9-7-11/h1-5,11-12H,6-9,13H2. The van der Waals surface area contributed by atoms with Gasteiger partial charge in [0.05, 0.1) is 11.5 Å². The molecule has 0 amide bonds. The summed E-state index contributed by atoms with van der Waals surface area (Å²) in [7, 11) is -2.79. The first-order chi connectivity index (χ1) is 7.58. The molecule has 2 N–H and O–H groups in total. The first-order valence-electron chi connectivity index (χ1n) is 5.59. The van der Waals surface area contributed by atoms with Crippen LogP contribution in [0.1, 0.15) is 24.4 Å². The summed E-state index contributed by atoms with van der Waals surface area (Å²) in [6.45, 7) is 0. The van der Waals surface area contributed by atoms with Crippen LogP contribution in [0.15, 0.2) is 30.3 Å². The Hall–Kier alpha value is -0.870. The van der Waals surface area contributed by atoms with Crippen LogP contribution in [0.5, 0.6) is 0 Å². The van der Waals surface area contributed by atoms with E-state index in [1.807, 2.05) is 30.3 Å². The second kappa shape index (κ2) is 4.55. The van der Waals surface area contributed by atoms with Crippen molar-refractivity contribution in [3.8, 4) is 0 Å². The Balaban J connectivity index is 2.05. The Labute approximate surface area is 96.6 Å². The molecule has 88 valence electrons. The van der Waals surface area contributed by atoms with Crippen LogP contribution < -0.4 is 5.73 Å². The SMILES string of the molecule is NC(c1ccccc1)C1CCS(=O)(=O)CC1. The third-order valence-electron chi connectivity index (χ3n) is 3.29. The largest absolute Gasteiger partial charge is 0.324 e. The van der Waals surface area contributed by atoms with Crippen molar-refractivity contribution in [2.24, 2.45) is 11.7 Å². The van der Waals surface area contributed by atoms with Gasteiger partial charge < -0.3 is 5.73 Å². The molecule has 0 radical (unpaired) electrons. The molecule has 3 nitrogen and oxygen atoms in total. The summed E-state index contributed by atoms with van der Waals surface area (Å²) in [4.78, 5) is 0. The van der Waals surface area contributed by atoms with Crippen molar-refractivity contribution in [1.82, 2.24) is 0 Å². The Morgan fingerprint density at radius 2 is 1.69 bits per heavy atom. The van der Waals surface area contributed by atoms with E-state index >= 15 is 0 Å². The van der Waals surface area contributed by atoms with Gasteiger partial charge in [-0.3, -0.25) is 0 Å². The lowest BCUT2D eigenvalue weighted by Gasteiger charge is -2.27. The van der Waals surface area contributed by atoms with E-state index in [0.29, 0.717) is 18.8 Å². The third kappa shape index (κ3) is 2.62. The zero-order valence-electron chi connectivity index (χ0n) is 9.17. The molecule has 1 fully saturated rings. The Morgan fingerprint density at radius 1 is 1.12 bits per heavy atom. The predicted molar refractivity (Wildman–Crippen MR) is 64.7 cm³/mol. The van der Waals surface area contributed by atoms with Gasteiger partial charge in [0.2, 0.25) is 0 Å². The minimum absolute atomic E-state index is 0.0308. The van der Waals surface area contributed by atoms with E-state index in [2.05, 4.69) is 0 Å². The number of sulfone groups is 1. The molecule has 0 bridgehead atoms. The molecule has 1 aliphatic rings. The number of hydrogen-bond donors (Lipinski definition) is 1. The second-order valence-corrected chi connectivity index (χ2v) is 6.73. The van der Waals surface area contributed by atoms with E-state index in [1.165, 1.54) is 0 Å². The first kappa shape index (κ1) is 11.6. The summed E-state index contributed by atoms with van der Waals surface area (Å²) >= 11 is 0. The van der Waals surface area contributed by atoms with Crippen molar-refractivity contribution in [2.75, 3.05) is 11.5 Å². The summed E-state index contributed by atoms with van der Waals surface area (Å²) in [6, 6.07) is 9.88. The van der Waals surface area contributed by atoms with Crippen molar-refractivity contribution >= 4 is 9.84 Å². The minimum atomic E-state index is -2.79. The number of hydrogen-bond acceptors (Lipinski definition) is 3. The van der Waals surface area contributed by atoms with Crippen LogP contribution in [0.25, 0.3) is 0 Å². The maximum absolute atomic E-state index is 11.3. The normalized spacial score (nSPS) is 22.8. The van der Waals surface area contributed by atoms with Crippen molar-refractivity contribution in [1.29, 1.82) is 0 Å². The van der Waals surface area contributed by atoms with Gasteiger partial charge in [0.1, 0.15) is 9.84 Å². The molecule has 0 spiro atoms. The Morgan fingerprint density at radius 3 is 2.25 bits per heavy atom. The molecule has 2 rings (SSSR count). The van der Waals surface area contributed by atoms with Crippen LogP contribution in [-0.2, 0) is 9.84 Å². The Kier molecular flexibility index (Phi) is 3.30. The van der Waals surface area contributed by atoms with E-state index in [9.17, 15) is 8.42 Å². The topological polar surface area (TPSA) is 60.2 Å². The molecular weight excluding hydrogens is 222 g/mol. The molecule has 0 saturated carbocycles. The Bertz CT molecular complexity index is 427. The van der Waals surface area contributed by atoms with Gasteiger partial charge in [0, 0.05) is 6.04 Å². The van der Waals surface area contributed by atoms with Gasteiger partial charge in [-0.1, -0.05) is 30.3 Å². The fourth-order valence-corrected chi connectivity index (χ4v) is 3.74. The average Bonchev–Trinajstić information content (AvgIpc) is 2.29. The lowest BCUT2D eigenvalue weighted by molar-refractivity contribution is 0.392. The van der Waals surface area contributed by atoms with Crippen LogP contribution in [-0.4, -0.2) is 19.9 Å². The second-order valence-electron chi connectivity index (χ2n) is 4.43. The molecule has 4 heteroatoms. The van der Waals surface area contributed by atoms with Crippen LogP contribution >= 0.6 is 0 Å². The van der Waals surface area contributed by atoms with E-state index < -0.39 is 9.84 Å². The van der Waals surface area contributed by atoms with Crippen LogP contribution in [0, 0.1) is 5.92 Å². The molecule has 1 saturated heterocycles. The minimum Gasteiger partial charge on any atom is -0.324 e. The van der Waals surface area contributed by atoms with Crippen LogP contribution in [0.3, 0.4) is 0 Å². The number of nitrogens with two attached hydrogens (primary N) is 1. The van der Waals surface area contributed by atoms with E-state index in [4.69, 9.17) is 5.73 Å². The predicted octanol–water partition coefficient (Wildman–Crippen LogP) is 1.51. The monoisotopic (exact) mass is 239 g/mol. The van der Waals surface area contributed by atoms with Crippen molar-refractivity contribution in [3.63, 3.8) is 0 Å². The molecule has 1 heterocycles. The van der Waals surface area contributed by atoms with Gasteiger partial charge in [-0.15, -0.1) is 0 Å². The molecule has 1 atom stereocenters. The molecule has 1 aliphatic heterocycles. The molecule has 0 aliphatic carbocycles. The molecule has 1 unspecified atom stereocenters. The van der Waals surface area contributed by atoms with Crippen molar-refractivity contribution in [3.05, 3.63) is 35.9 Å². The third-order valence-corrected chi connectivity index (χ3v) is 5.01. The van der Waals surface area contributed by atoms with Gasteiger partial charge in [-0.25, -0.2) is 8.42 Å². The van der Waals surface area contributed by atoms with Crippen molar-refractivity contribution in [2.45, 2.75) is 18.9 Å². The van der Waals surface area contributed by atoms with Crippen LogP contribution in [0.2, 0.25) is 0 Å². The first-order valence-corrected chi connectivity index (χ1v) is 7.41. The zero-order valence-corrected chi connectivity index (χ0v) is 9.99. The molecule has 0 aromatic heterocycles. The van der Waals surface area contributed by atoms with Crippen molar-refractivity contribution < 1.29 is 8.42 Å². The highest BCUT2D eigenvalue weighted by Gasteiger charge is 2.28. The quantitative estimate of drug-likeness (QED) is 0.851. The highest BCUT2D eigenvalue weighted by molar-refractivity contribution is 7.91. The fraction of sp³-hybridized carbons (Fsp3) is 0.500. The molecule has 16 heavy (non-hydrogen) atoms. The summed E-state index contributed by atoms with van der Waals surface area (Å²) in [5.41, 5.74) is 7.27. The highest BCUT2D eigenvalue weighted by atomic mass is 32.2. The van der Waals surface area contributed by atoms with Gasteiger partial charge in [0.15, 0.2) is 0 Å². The van der Waals surface area contributed by atoms with Gasteiger partial charge in [-0.05, 0) is 24.3 Å². The smallest absolute Gasteiger partial charge is 0.150 e. The summed E-state index contributed by atoms with van der Waals surface area (Å²) < 4.78 is 22.6. The fourth-order valence-electron chi connectivity index (χ4n) is 2.21. The summed E-state index contributed by atoms with van der Waals surface area (Å²) in [5.74, 6) is 0.877. The van der Waals surface area contributed by atoms with E-state index in [1.54, 1.807) is 0 Å². The van der Waals surface area contributed by atoms with Gasteiger partial charge >= 0.3 is 0 Å². The van der Waals surface area contributed by atoms with E-state index in [0.717, 1.165) is 5.56 Å². The molecule has 1 aromatic rings.